The molecule has 5 heteroatoms. The van der Waals surface area contributed by atoms with Crippen molar-refractivity contribution in [3.8, 4) is 0 Å². The lowest BCUT2D eigenvalue weighted by molar-refractivity contribution is -0.119. The smallest absolute Gasteiger partial charge is 0.233 e. The molecule has 3 nitrogen and oxygen atoms in total. The van der Waals surface area contributed by atoms with Crippen molar-refractivity contribution in [2.75, 3.05) is 5.75 Å². The van der Waals surface area contributed by atoms with Crippen molar-refractivity contribution >= 4 is 16.7 Å². The first-order chi connectivity index (χ1) is 9.65. The van der Waals surface area contributed by atoms with Gasteiger partial charge in [0.2, 0.25) is 5.91 Å². The van der Waals surface area contributed by atoms with Crippen LogP contribution in [-0.2, 0) is 15.6 Å². The van der Waals surface area contributed by atoms with Crippen LogP contribution < -0.4 is 5.32 Å². The van der Waals surface area contributed by atoms with Crippen molar-refractivity contribution in [2.45, 2.75) is 49.5 Å². The molecule has 1 aromatic rings. The number of carbonyl (C=O) groups is 1. The summed E-state index contributed by atoms with van der Waals surface area (Å²) in [7, 11) is -1.41. The number of nitrogens with one attached hydrogen (secondary N) is 1. The Hall–Kier alpha value is -1.23. The van der Waals surface area contributed by atoms with Gasteiger partial charge in [-0.05, 0) is 37.1 Å². The molecule has 1 atom stereocenters. The first-order valence-corrected chi connectivity index (χ1v) is 8.40. The second-order valence-electron chi connectivity index (χ2n) is 5.20. The highest BCUT2D eigenvalue weighted by Crippen LogP contribution is 2.17. The maximum atomic E-state index is 12.8. The molecule has 110 valence electrons. The molecule has 1 amide bonds. The Balaban J connectivity index is 1.84. The molecular formula is C15H20FNO2S. The van der Waals surface area contributed by atoms with Crippen LogP contribution in [0.1, 0.15) is 38.5 Å². The van der Waals surface area contributed by atoms with Gasteiger partial charge in [-0.1, -0.05) is 25.7 Å². The summed E-state index contributed by atoms with van der Waals surface area (Å²) in [6, 6.07) is 5.66. The van der Waals surface area contributed by atoms with E-state index in [1.165, 1.54) is 37.1 Å². The van der Waals surface area contributed by atoms with Crippen LogP contribution in [0.15, 0.2) is 29.2 Å². The fourth-order valence-corrected chi connectivity index (χ4v) is 3.41. The van der Waals surface area contributed by atoms with E-state index in [0.29, 0.717) is 4.90 Å². The van der Waals surface area contributed by atoms with Crippen molar-refractivity contribution in [1.82, 2.24) is 5.32 Å². The number of rotatable bonds is 4. The first-order valence-electron chi connectivity index (χ1n) is 7.08. The van der Waals surface area contributed by atoms with Crippen molar-refractivity contribution in [1.29, 1.82) is 0 Å². The van der Waals surface area contributed by atoms with Crippen LogP contribution in [0.4, 0.5) is 4.39 Å². The van der Waals surface area contributed by atoms with E-state index in [9.17, 15) is 13.4 Å². The zero-order valence-electron chi connectivity index (χ0n) is 11.4. The first kappa shape index (κ1) is 15.2. The Morgan fingerprint density at radius 1 is 1.15 bits per heavy atom. The van der Waals surface area contributed by atoms with Gasteiger partial charge in [0.25, 0.3) is 0 Å². The fraction of sp³-hybridized carbons (Fsp3) is 0.533. The molecule has 0 radical (unpaired) electrons. The van der Waals surface area contributed by atoms with Gasteiger partial charge in [-0.15, -0.1) is 0 Å². The van der Waals surface area contributed by atoms with E-state index in [0.717, 1.165) is 25.7 Å². The highest BCUT2D eigenvalue weighted by atomic mass is 32.2. The highest BCUT2D eigenvalue weighted by Gasteiger charge is 2.16. The van der Waals surface area contributed by atoms with Gasteiger partial charge in [0, 0.05) is 10.9 Å². The lowest BCUT2D eigenvalue weighted by Crippen LogP contribution is -2.37. The largest absolute Gasteiger partial charge is 0.353 e. The van der Waals surface area contributed by atoms with Gasteiger partial charge in [0.15, 0.2) is 0 Å². The minimum absolute atomic E-state index is 0.0534. The summed E-state index contributed by atoms with van der Waals surface area (Å²) in [5.41, 5.74) is 0. The minimum atomic E-state index is -1.41. The zero-order valence-corrected chi connectivity index (χ0v) is 12.3. The molecule has 1 aromatic carbocycles. The molecule has 1 unspecified atom stereocenters. The van der Waals surface area contributed by atoms with Crippen LogP contribution in [0.5, 0.6) is 0 Å². The van der Waals surface area contributed by atoms with Crippen LogP contribution in [0.3, 0.4) is 0 Å². The van der Waals surface area contributed by atoms with E-state index >= 15 is 0 Å². The molecule has 1 aliphatic rings. The Morgan fingerprint density at radius 3 is 2.35 bits per heavy atom. The molecule has 0 heterocycles. The fourth-order valence-electron chi connectivity index (χ4n) is 2.48. The summed E-state index contributed by atoms with van der Waals surface area (Å²) in [5, 5.41) is 2.96. The predicted octanol–water partition coefficient (Wildman–Crippen LogP) is 2.77. The maximum Gasteiger partial charge on any atom is 0.233 e. The van der Waals surface area contributed by atoms with Gasteiger partial charge in [-0.2, -0.15) is 0 Å². The Morgan fingerprint density at radius 2 is 1.75 bits per heavy atom. The number of carbonyl (C=O) groups excluding carboxylic acids is 1. The normalized spacial score (nSPS) is 18.2. The molecule has 2 rings (SSSR count). The van der Waals surface area contributed by atoms with E-state index in [1.54, 1.807) is 0 Å². The number of amides is 1. The Kier molecular flexibility index (Phi) is 5.71. The molecule has 0 saturated heterocycles. The van der Waals surface area contributed by atoms with Crippen LogP contribution in [0.2, 0.25) is 0 Å². The third-order valence-electron chi connectivity index (χ3n) is 3.56. The van der Waals surface area contributed by atoms with E-state index in [4.69, 9.17) is 0 Å². The summed E-state index contributed by atoms with van der Waals surface area (Å²) in [5.74, 6) is -0.601. The quantitative estimate of drug-likeness (QED) is 0.869. The molecule has 1 saturated carbocycles. The standard InChI is InChI=1S/C15H20FNO2S/c16-12-7-9-14(10-8-12)20(19)11-15(18)17-13-5-3-1-2-4-6-13/h7-10,13H,1-6,11H2,(H,17,18). The van der Waals surface area contributed by atoms with E-state index in [1.807, 2.05) is 0 Å². The molecular weight excluding hydrogens is 277 g/mol. The van der Waals surface area contributed by atoms with Crippen molar-refractivity contribution in [2.24, 2.45) is 0 Å². The number of hydrogen-bond acceptors (Lipinski definition) is 2. The van der Waals surface area contributed by atoms with E-state index < -0.39 is 10.8 Å². The minimum Gasteiger partial charge on any atom is -0.353 e. The lowest BCUT2D eigenvalue weighted by Gasteiger charge is -2.15. The topological polar surface area (TPSA) is 46.2 Å². The highest BCUT2D eigenvalue weighted by molar-refractivity contribution is 7.85. The SMILES string of the molecule is O=C(CS(=O)c1ccc(F)cc1)NC1CCCCCC1. The monoisotopic (exact) mass is 297 g/mol. The molecule has 0 aliphatic heterocycles. The zero-order chi connectivity index (χ0) is 14.4. The van der Waals surface area contributed by atoms with Crippen molar-refractivity contribution in [3.05, 3.63) is 30.1 Å². The second-order valence-corrected chi connectivity index (χ2v) is 6.65. The van der Waals surface area contributed by atoms with Crippen molar-refractivity contribution < 1.29 is 13.4 Å². The summed E-state index contributed by atoms with van der Waals surface area (Å²) in [6.45, 7) is 0. The van der Waals surface area contributed by atoms with E-state index in [-0.39, 0.29) is 23.5 Å². The van der Waals surface area contributed by atoms with Crippen LogP contribution >= 0.6 is 0 Å². The second kappa shape index (κ2) is 7.53. The van der Waals surface area contributed by atoms with Crippen LogP contribution in [0, 0.1) is 5.82 Å². The van der Waals surface area contributed by atoms with Crippen LogP contribution in [-0.4, -0.2) is 21.9 Å². The summed E-state index contributed by atoms with van der Waals surface area (Å²) in [6.07, 6.45) is 6.77. The third-order valence-corrected chi connectivity index (χ3v) is 4.88. The van der Waals surface area contributed by atoms with Gasteiger partial charge in [-0.3, -0.25) is 9.00 Å². The average Bonchev–Trinajstić information content (AvgIpc) is 2.68. The Labute approximate surface area is 121 Å². The third kappa shape index (κ3) is 4.71. The molecule has 1 fully saturated rings. The molecule has 1 aliphatic carbocycles. The van der Waals surface area contributed by atoms with Gasteiger partial charge >= 0.3 is 0 Å². The molecule has 1 N–H and O–H groups in total. The molecule has 0 bridgehead atoms. The van der Waals surface area contributed by atoms with Gasteiger partial charge < -0.3 is 5.32 Å². The van der Waals surface area contributed by atoms with Gasteiger partial charge in [0.05, 0.1) is 10.8 Å². The Bertz CT molecular complexity index is 467. The predicted molar refractivity (Wildman–Crippen MR) is 77.3 cm³/mol. The summed E-state index contributed by atoms with van der Waals surface area (Å²) >= 11 is 0. The van der Waals surface area contributed by atoms with Gasteiger partial charge in [0.1, 0.15) is 11.6 Å². The van der Waals surface area contributed by atoms with Crippen LogP contribution in [0.25, 0.3) is 0 Å². The summed E-state index contributed by atoms with van der Waals surface area (Å²) in [4.78, 5) is 12.4. The molecule has 20 heavy (non-hydrogen) atoms. The maximum absolute atomic E-state index is 12.8. The van der Waals surface area contributed by atoms with E-state index in [2.05, 4.69) is 5.32 Å². The van der Waals surface area contributed by atoms with Crippen molar-refractivity contribution in [3.63, 3.8) is 0 Å². The lowest BCUT2D eigenvalue weighted by atomic mass is 10.1. The number of benzene rings is 1. The summed E-state index contributed by atoms with van der Waals surface area (Å²) < 4.78 is 24.8. The number of hydrogen-bond donors (Lipinski definition) is 1. The molecule has 0 aromatic heterocycles. The average molecular weight is 297 g/mol. The van der Waals surface area contributed by atoms with Gasteiger partial charge in [-0.25, -0.2) is 4.39 Å². The number of halogens is 1. The molecule has 0 spiro atoms.